The fourth-order valence-corrected chi connectivity index (χ4v) is 1.97. The largest absolute Gasteiger partial charge is 0.481 e. The van der Waals surface area contributed by atoms with E-state index in [1.165, 1.54) is 5.56 Å². The third-order valence-electron chi connectivity index (χ3n) is 3.37. The summed E-state index contributed by atoms with van der Waals surface area (Å²) in [6.45, 7) is 1.68. The van der Waals surface area contributed by atoms with Crippen LogP contribution in [0.5, 0.6) is 0 Å². The summed E-state index contributed by atoms with van der Waals surface area (Å²) in [5, 5.41) is 17.0. The average Bonchev–Trinajstić information content (AvgIpc) is 2.56. The Kier molecular flexibility index (Phi) is 8.14. The molecule has 0 aromatic heterocycles. The van der Waals surface area contributed by atoms with E-state index in [9.17, 15) is 9.59 Å². The van der Waals surface area contributed by atoms with Crippen LogP contribution in [-0.2, 0) is 16.0 Å². The molecule has 0 amide bonds. The van der Waals surface area contributed by atoms with Crippen molar-refractivity contribution in [2.24, 2.45) is 0 Å². The van der Waals surface area contributed by atoms with Crippen LogP contribution in [0.3, 0.4) is 0 Å². The van der Waals surface area contributed by atoms with Crippen LogP contribution in [0, 0.1) is 0 Å². The minimum atomic E-state index is -0.781. The average molecular weight is 314 g/mol. The zero-order valence-corrected chi connectivity index (χ0v) is 13.2. The van der Waals surface area contributed by atoms with Gasteiger partial charge in [0.1, 0.15) is 0 Å². The van der Waals surface area contributed by atoms with Crippen LogP contribution in [0.2, 0.25) is 0 Å². The highest BCUT2D eigenvalue weighted by molar-refractivity contribution is 5.75. The summed E-state index contributed by atoms with van der Waals surface area (Å²) >= 11 is 0. The highest BCUT2D eigenvalue weighted by Gasteiger charge is 2.11. The van der Waals surface area contributed by atoms with Gasteiger partial charge in [0.05, 0.1) is 5.92 Å². The first-order chi connectivity index (χ1) is 11.0. The van der Waals surface area contributed by atoms with Crippen molar-refractivity contribution in [3.05, 3.63) is 71.8 Å². The van der Waals surface area contributed by atoms with Crippen molar-refractivity contribution in [1.82, 2.24) is 0 Å². The Morgan fingerprint density at radius 3 is 1.91 bits per heavy atom. The molecule has 122 valence electrons. The maximum atomic E-state index is 10.5. The first-order valence-electron chi connectivity index (χ1n) is 7.54. The van der Waals surface area contributed by atoms with Crippen molar-refractivity contribution in [1.29, 1.82) is 0 Å². The van der Waals surface area contributed by atoms with Gasteiger partial charge in [0, 0.05) is 6.42 Å². The minimum absolute atomic E-state index is 0.259. The lowest BCUT2D eigenvalue weighted by molar-refractivity contribution is -0.138. The lowest BCUT2D eigenvalue weighted by Gasteiger charge is -2.04. The second-order valence-corrected chi connectivity index (χ2v) is 5.20. The Balaban J connectivity index is 0.000000231. The first kappa shape index (κ1) is 18.4. The molecular formula is C19H22O4. The van der Waals surface area contributed by atoms with Gasteiger partial charge in [-0.25, -0.2) is 0 Å². The van der Waals surface area contributed by atoms with Gasteiger partial charge in [-0.2, -0.15) is 0 Å². The Morgan fingerprint density at radius 2 is 1.43 bits per heavy atom. The number of aryl methyl sites for hydroxylation is 1. The molecule has 2 rings (SSSR count). The van der Waals surface area contributed by atoms with E-state index in [1.807, 2.05) is 60.7 Å². The molecule has 0 spiro atoms. The normalized spacial score (nSPS) is 11.0. The molecular weight excluding hydrogens is 292 g/mol. The molecule has 0 aliphatic carbocycles. The van der Waals surface area contributed by atoms with Gasteiger partial charge in [0.2, 0.25) is 0 Å². The monoisotopic (exact) mass is 314 g/mol. The van der Waals surface area contributed by atoms with E-state index >= 15 is 0 Å². The van der Waals surface area contributed by atoms with Crippen molar-refractivity contribution in [3.63, 3.8) is 0 Å². The third kappa shape index (κ3) is 7.81. The van der Waals surface area contributed by atoms with E-state index < -0.39 is 17.9 Å². The number of rotatable bonds is 6. The molecule has 0 fully saturated rings. The van der Waals surface area contributed by atoms with Gasteiger partial charge in [0.15, 0.2) is 0 Å². The van der Waals surface area contributed by atoms with Crippen LogP contribution in [0.4, 0.5) is 0 Å². The number of hydrogen-bond donors (Lipinski definition) is 2. The second-order valence-electron chi connectivity index (χ2n) is 5.20. The van der Waals surface area contributed by atoms with E-state index in [2.05, 4.69) is 0 Å². The van der Waals surface area contributed by atoms with Gasteiger partial charge < -0.3 is 10.2 Å². The Hall–Kier alpha value is -2.62. The van der Waals surface area contributed by atoms with Gasteiger partial charge in [-0.1, -0.05) is 60.7 Å². The summed E-state index contributed by atoms with van der Waals surface area (Å²) in [5.74, 6) is -1.90. The zero-order valence-electron chi connectivity index (χ0n) is 13.2. The molecule has 1 unspecified atom stereocenters. The molecule has 2 N–H and O–H groups in total. The van der Waals surface area contributed by atoms with Crippen LogP contribution in [-0.4, -0.2) is 22.2 Å². The lowest BCUT2D eigenvalue weighted by Crippen LogP contribution is -2.06. The zero-order chi connectivity index (χ0) is 17.1. The van der Waals surface area contributed by atoms with E-state index in [4.69, 9.17) is 10.2 Å². The SMILES string of the molecule is CC(C(=O)O)c1ccccc1.O=C(O)CCCc1ccccc1. The molecule has 0 bridgehead atoms. The fourth-order valence-electron chi connectivity index (χ4n) is 1.97. The summed E-state index contributed by atoms with van der Waals surface area (Å²) in [4.78, 5) is 20.7. The third-order valence-corrected chi connectivity index (χ3v) is 3.37. The van der Waals surface area contributed by atoms with Crippen LogP contribution in [0.1, 0.15) is 36.8 Å². The predicted octanol–water partition coefficient (Wildman–Crippen LogP) is 3.97. The Bertz CT molecular complexity index is 593. The van der Waals surface area contributed by atoms with E-state index in [0.717, 1.165) is 18.4 Å². The molecule has 4 nitrogen and oxygen atoms in total. The smallest absolute Gasteiger partial charge is 0.310 e. The highest BCUT2D eigenvalue weighted by Crippen LogP contribution is 2.13. The molecule has 23 heavy (non-hydrogen) atoms. The summed E-state index contributed by atoms with van der Waals surface area (Å²) in [6, 6.07) is 19.1. The number of carbonyl (C=O) groups is 2. The number of aliphatic carboxylic acids is 2. The van der Waals surface area contributed by atoms with Crippen LogP contribution in [0.15, 0.2) is 60.7 Å². The first-order valence-corrected chi connectivity index (χ1v) is 7.54. The fraction of sp³-hybridized carbons (Fsp3) is 0.263. The number of hydrogen-bond acceptors (Lipinski definition) is 2. The Morgan fingerprint density at radius 1 is 0.913 bits per heavy atom. The van der Waals surface area contributed by atoms with Crippen molar-refractivity contribution in [3.8, 4) is 0 Å². The molecule has 0 aliphatic heterocycles. The summed E-state index contributed by atoms with van der Waals surface area (Å²) in [5.41, 5.74) is 2.05. The lowest BCUT2D eigenvalue weighted by atomic mass is 10.0. The van der Waals surface area contributed by atoms with Gasteiger partial charge >= 0.3 is 11.9 Å². The van der Waals surface area contributed by atoms with Crippen molar-refractivity contribution in [2.45, 2.75) is 32.1 Å². The Labute approximate surface area is 136 Å². The molecule has 0 aliphatic rings. The van der Waals surface area contributed by atoms with Gasteiger partial charge in [-0.05, 0) is 30.9 Å². The molecule has 0 heterocycles. The predicted molar refractivity (Wildman–Crippen MR) is 89.5 cm³/mol. The maximum Gasteiger partial charge on any atom is 0.310 e. The van der Waals surface area contributed by atoms with Crippen LogP contribution in [0.25, 0.3) is 0 Å². The molecule has 0 saturated carbocycles. The minimum Gasteiger partial charge on any atom is -0.481 e. The molecule has 2 aromatic carbocycles. The standard InChI is InChI=1S/C10H12O2.C9H10O2/c11-10(12)8-4-7-9-5-2-1-3-6-9;1-7(9(10)11)8-5-3-2-4-6-8/h1-3,5-6H,4,7-8H2,(H,11,12);2-7H,1H3,(H,10,11). The molecule has 0 saturated heterocycles. The van der Waals surface area contributed by atoms with E-state index in [-0.39, 0.29) is 6.42 Å². The topological polar surface area (TPSA) is 74.6 Å². The van der Waals surface area contributed by atoms with Crippen molar-refractivity contribution in [2.75, 3.05) is 0 Å². The summed E-state index contributed by atoms with van der Waals surface area (Å²) in [6.07, 6.45) is 1.83. The molecule has 0 radical (unpaired) electrons. The van der Waals surface area contributed by atoms with Gasteiger partial charge in [0.25, 0.3) is 0 Å². The summed E-state index contributed by atoms with van der Waals surface area (Å²) < 4.78 is 0. The van der Waals surface area contributed by atoms with Crippen molar-refractivity contribution >= 4 is 11.9 Å². The maximum absolute atomic E-state index is 10.5. The van der Waals surface area contributed by atoms with Crippen molar-refractivity contribution < 1.29 is 19.8 Å². The van der Waals surface area contributed by atoms with Gasteiger partial charge in [-0.3, -0.25) is 9.59 Å². The molecule has 4 heteroatoms. The van der Waals surface area contributed by atoms with E-state index in [0.29, 0.717) is 0 Å². The number of benzene rings is 2. The number of carboxylic acid groups (broad SMARTS) is 2. The number of carboxylic acids is 2. The molecule has 1 atom stereocenters. The highest BCUT2D eigenvalue weighted by atomic mass is 16.4. The van der Waals surface area contributed by atoms with E-state index in [1.54, 1.807) is 6.92 Å². The van der Waals surface area contributed by atoms with Crippen LogP contribution >= 0.6 is 0 Å². The quantitative estimate of drug-likeness (QED) is 0.846. The van der Waals surface area contributed by atoms with Crippen LogP contribution < -0.4 is 0 Å². The second kappa shape index (κ2) is 10.2. The summed E-state index contributed by atoms with van der Waals surface area (Å²) in [7, 11) is 0. The molecule has 2 aromatic rings. The van der Waals surface area contributed by atoms with Gasteiger partial charge in [-0.15, -0.1) is 0 Å².